The van der Waals surface area contributed by atoms with E-state index in [-0.39, 0.29) is 11.0 Å². The lowest BCUT2D eigenvalue weighted by atomic mass is 10.2. The summed E-state index contributed by atoms with van der Waals surface area (Å²) < 4.78 is 16.5. The second kappa shape index (κ2) is 10.4. The van der Waals surface area contributed by atoms with Gasteiger partial charge in [-0.05, 0) is 24.6 Å². The van der Waals surface area contributed by atoms with E-state index in [1.165, 1.54) is 0 Å². The highest BCUT2D eigenvalue weighted by molar-refractivity contribution is 6.74. The van der Waals surface area contributed by atoms with E-state index in [1.54, 1.807) is 0 Å². The Morgan fingerprint density at radius 2 is 1.62 bits per heavy atom. The van der Waals surface area contributed by atoms with Gasteiger partial charge in [-0.1, -0.05) is 40.5 Å². The van der Waals surface area contributed by atoms with Gasteiger partial charge in [0.2, 0.25) is 0 Å². The topological polar surface area (TPSA) is 44.8 Å². The molecular weight excluding hydrogens is 284 g/mol. The molecule has 0 aliphatic carbocycles. The summed E-state index contributed by atoms with van der Waals surface area (Å²) in [4.78, 5) is 11.4. The van der Waals surface area contributed by atoms with E-state index >= 15 is 0 Å². The number of hydrogen-bond acceptors (Lipinski definition) is 4. The van der Waals surface area contributed by atoms with Gasteiger partial charge in [0.25, 0.3) is 0 Å². The van der Waals surface area contributed by atoms with Crippen LogP contribution in [0.5, 0.6) is 0 Å². The molecule has 0 spiro atoms. The zero-order valence-electron chi connectivity index (χ0n) is 14.8. The third-order valence-corrected chi connectivity index (χ3v) is 8.51. The van der Waals surface area contributed by atoms with Gasteiger partial charge in [0.1, 0.15) is 6.61 Å². The molecule has 0 N–H and O–H groups in total. The molecule has 21 heavy (non-hydrogen) atoms. The number of carbonyl (C=O) groups excluding carboxylic acids is 1. The van der Waals surface area contributed by atoms with Gasteiger partial charge < -0.3 is 13.9 Å². The van der Waals surface area contributed by atoms with Crippen LogP contribution >= 0.6 is 0 Å². The Balaban J connectivity index is 3.51. The Morgan fingerprint density at radius 3 is 2.19 bits per heavy atom. The molecule has 0 unspecified atom stereocenters. The van der Waals surface area contributed by atoms with Crippen LogP contribution in [0.2, 0.25) is 18.1 Å². The van der Waals surface area contributed by atoms with Crippen LogP contribution in [0.4, 0.5) is 0 Å². The molecule has 0 radical (unpaired) electrons. The Labute approximate surface area is 131 Å². The van der Waals surface area contributed by atoms with Crippen LogP contribution in [0, 0.1) is 0 Å². The number of ether oxygens (including phenoxy) is 2. The predicted octanol–water partition coefficient (Wildman–Crippen LogP) is 4.15. The van der Waals surface area contributed by atoms with Crippen LogP contribution in [-0.2, 0) is 18.7 Å². The molecule has 0 aromatic rings. The third kappa shape index (κ3) is 10.0. The SMILES string of the molecule is CCCCCC(=O)OCCOCCO[Si](C)(C)C(C)(C)C. The van der Waals surface area contributed by atoms with Crippen LogP contribution in [-0.4, -0.2) is 40.7 Å². The molecule has 0 aliphatic rings. The van der Waals surface area contributed by atoms with Crippen LogP contribution in [0.3, 0.4) is 0 Å². The molecule has 0 heterocycles. The van der Waals surface area contributed by atoms with E-state index in [4.69, 9.17) is 13.9 Å². The number of rotatable bonds is 11. The first-order valence-corrected chi connectivity index (χ1v) is 11.0. The molecule has 126 valence electrons. The molecule has 4 nitrogen and oxygen atoms in total. The summed E-state index contributed by atoms with van der Waals surface area (Å²) in [5.74, 6) is -0.121. The Bertz CT molecular complexity index is 284. The van der Waals surface area contributed by atoms with Gasteiger partial charge >= 0.3 is 5.97 Å². The molecule has 0 saturated heterocycles. The second-order valence-electron chi connectivity index (χ2n) is 6.90. The lowest BCUT2D eigenvalue weighted by Crippen LogP contribution is -2.41. The fraction of sp³-hybridized carbons (Fsp3) is 0.938. The largest absolute Gasteiger partial charge is 0.463 e. The van der Waals surface area contributed by atoms with E-state index < -0.39 is 8.32 Å². The summed E-state index contributed by atoms with van der Waals surface area (Å²) in [7, 11) is -1.68. The molecule has 5 heteroatoms. The zero-order valence-corrected chi connectivity index (χ0v) is 15.8. The summed E-state index contributed by atoms with van der Waals surface area (Å²) in [6.07, 6.45) is 3.62. The lowest BCUT2D eigenvalue weighted by Gasteiger charge is -2.36. The van der Waals surface area contributed by atoms with Crippen molar-refractivity contribution in [1.29, 1.82) is 0 Å². The molecule has 0 saturated carbocycles. The normalized spacial score (nSPS) is 12.5. The standard InChI is InChI=1S/C16H34O4Si/c1-7-8-9-10-15(17)19-13-11-18-12-14-20-21(5,6)16(2,3)4/h7-14H2,1-6H3. The highest BCUT2D eigenvalue weighted by atomic mass is 28.4. The van der Waals surface area contributed by atoms with Crippen molar-refractivity contribution >= 4 is 14.3 Å². The van der Waals surface area contributed by atoms with Gasteiger partial charge in [0.15, 0.2) is 8.32 Å². The smallest absolute Gasteiger partial charge is 0.305 e. The van der Waals surface area contributed by atoms with Crippen molar-refractivity contribution in [3.63, 3.8) is 0 Å². The van der Waals surface area contributed by atoms with Gasteiger partial charge in [-0.15, -0.1) is 0 Å². The van der Waals surface area contributed by atoms with Crippen molar-refractivity contribution in [2.75, 3.05) is 26.4 Å². The van der Waals surface area contributed by atoms with E-state index in [1.807, 2.05) is 0 Å². The molecule has 0 aliphatic heterocycles. The summed E-state index contributed by atoms with van der Waals surface area (Å²) in [6.45, 7) is 15.2. The summed E-state index contributed by atoms with van der Waals surface area (Å²) in [6, 6.07) is 0. The molecule has 0 atom stereocenters. The molecule has 0 rings (SSSR count). The van der Waals surface area contributed by atoms with Crippen molar-refractivity contribution in [1.82, 2.24) is 0 Å². The first kappa shape index (κ1) is 20.6. The minimum Gasteiger partial charge on any atom is -0.463 e. The van der Waals surface area contributed by atoms with E-state index in [9.17, 15) is 4.79 Å². The first-order valence-electron chi connectivity index (χ1n) is 8.08. The first-order chi connectivity index (χ1) is 9.70. The Kier molecular flexibility index (Phi) is 10.2. The van der Waals surface area contributed by atoms with Crippen LogP contribution < -0.4 is 0 Å². The highest BCUT2D eigenvalue weighted by Gasteiger charge is 2.36. The van der Waals surface area contributed by atoms with Crippen LogP contribution in [0.1, 0.15) is 53.4 Å². The lowest BCUT2D eigenvalue weighted by molar-refractivity contribution is -0.145. The number of unbranched alkanes of at least 4 members (excludes halogenated alkanes) is 2. The highest BCUT2D eigenvalue weighted by Crippen LogP contribution is 2.36. The molecule has 0 fully saturated rings. The minimum absolute atomic E-state index is 0.121. The maximum Gasteiger partial charge on any atom is 0.305 e. The minimum atomic E-state index is -1.68. The van der Waals surface area contributed by atoms with Gasteiger partial charge in [-0.3, -0.25) is 4.79 Å². The maximum atomic E-state index is 11.4. The van der Waals surface area contributed by atoms with Gasteiger partial charge in [0, 0.05) is 6.42 Å². The molecule has 0 amide bonds. The third-order valence-electron chi connectivity index (χ3n) is 3.97. The quantitative estimate of drug-likeness (QED) is 0.326. The average molecular weight is 319 g/mol. The van der Waals surface area contributed by atoms with E-state index in [0.29, 0.717) is 32.8 Å². The van der Waals surface area contributed by atoms with E-state index in [0.717, 1.165) is 19.3 Å². The van der Waals surface area contributed by atoms with E-state index in [2.05, 4.69) is 40.8 Å². The van der Waals surface area contributed by atoms with Crippen molar-refractivity contribution in [2.45, 2.75) is 71.5 Å². The van der Waals surface area contributed by atoms with Gasteiger partial charge in [0.05, 0.1) is 19.8 Å². The Morgan fingerprint density at radius 1 is 1.00 bits per heavy atom. The molecule has 0 aromatic heterocycles. The summed E-state index contributed by atoms with van der Waals surface area (Å²) in [5.41, 5.74) is 0. The zero-order chi connectivity index (χ0) is 16.4. The summed E-state index contributed by atoms with van der Waals surface area (Å²) in [5, 5.41) is 0.223. The van der Waals surface area contributed by atoms with Crippen LogP contribution in [0.25, 0.3) is 0 Å². The molecular formula is C16H34O4Si. The average Bonchev–Trinajstić information content (AvgIpc) is 2.36. The predicted molar refractivity (Wildman–Crippen MR) is 89.1 cm³/mol. The maximum absolute atomic E-state index is 11.4. The number of hydrogen-bond donors (Lipinski definition) is 0. The molecule has 0 aromatic carbocycles. The van der Waals surface area contributed by atoms with Crippen molar-refractivity contribution in [3.8, 4) is 0 Å². The van der Waals surface area contributed by atoms with Crippen molar-refractivity contribution in [2.24, 2.45) is 0 Å². The van der Waals surface area contributed by atoms with Crippen LogP contribution in [0.15, 0.2) is 0 Å². The monoisotopic (exact) mass is 318 g/mol. The van der Waals surface area contributed by atoms with Gasteiger partial charge in [-0.25, -0.2) is 0 Å². The number of esters is 1. The molecule has 0 bridgehead atoms. The summed E-state index contributed by atoms with van der Waals surface area (Å²) >= 11 is 0. The van der Waals surface area contributed by atoms with Crippen molar-refractivity contribution in [3.05, 3.63) is 0 Å². The number of carbonyl (C=O) groups is 1. The Hall–Kier alpha value is -0.393. The van der Waals surface area contributed by atoms with Gasteiger partial charge in [-0.2, -0.15) is 0 Å². The van der Waals surface area contributed by atoms with Crippen molar-refractivity contribution < 1.29 is 18.7 Å². The fourth-order valence-corrected chi connectivity index (χ4v) is 2.51. The second-order valence-corrected chi connectivity index (χ2v) is 11.7. The fourth-order valence-electron chi connectivity index (χ4n) is 1.48.